The van der Waals surface area contributed by atoms with Crippen LogP contribution in [0.25, 0.3) is 11.3 Å². The van der Waals surface area contributed by atoms with Gasteiger partial charge in [-0.1, -0.05) is 17.7 Å². The lowest BCUT2D eigenvalue weighted by Crippen LogP contribution is -2.30. The summed E-state index contributed by atoms with van der Waals surface area (Å²) in [4.78, 5) is 16.8. The molecular weight excluding hydrogens is 348 g/mol. The maximum Gasteiger partial charge on any atom is 0.266 e. The Balaban J connectivity index is 1.62. The van der Waals surface area contributed by atoms with Gasteiger partial charge in [0, 0.05) is 10.9 Å². The maximum atomic E-state index is 12.3. The number of benzene rings is 2. The first-order chi connectivity index (χ1) is 12.5. The smallest absolute Gasteiger partial charge is 0.266 e. The summed E-state index contributed by atoms with van der Waals surface area (Å²) in [7, 11) is 1.63. The lowest BCUT2D eigenvalue weighted by atomic mass is 10.2. The van der Waals surface area contributed by atoms with Crippen molar-refractivity contribution >= 4 is 22.4 Å². The van der Waals surface area contributed by atoms with Crippen LogP contribution in [0.15, 0.2) is 53.9 Å². The van der Waals surface area contributed by atoms with Gasteiger partial charge in [0.25, 0.3) is 5.91 Å². The van der Waals surface area contributed by atoms with Crippen LogP contribution >= 0.6 is 11.3 Å². The predicted molar refractivity (Wildman–Crippen MR) is 104 cm³/mol. The number of carbonyl (C=O) groups is 1. The molecule has 0 fully saturated rings. The van der Waals surface area contributed by atoms with Gasteiger partial charge in [-0.2, -0.15) is 0 Å². The predicted octanol–water partition coefficient (Wildman–Crippen LogP) is 4.53. The molecule has 6 heteroatoms. The molecule has 2 aromatic carbocycles. The second-order valence-electron chi connectivity index (χ2n) is 5.83. The number of hydrogen-bond donors (Lipinski definition) is 1. The maximum absolute atomic E-state index is 12.3. The summed E-state index contributed by atoms with van der Waals surface area (Å²) < 4.78 is 10.8. The number of rotatable bonds is 6. The van der Waals surface area contributed by atoms with E-state index < -0.39 is 6.10 Å². The molecule has 1 atom stereocenters. The van der Waals surface area contributed by atoms with E-state index in [0.717, 1.165) is 22.6 Å². The summed E-state index contributed by atoms with van der Waals surface area (Å²) in [5, 5.41) is 5.25. The first-order valence-corrected chi connectivity index (χ1v) is 9.07. The normalized spacial score (nSPS) is 11.7. The van der Waals surface area contributed by atoms with Gasteiger partial charge in [0.2, 0.25) is 0 Å². The second-order valence-corrected chi connectivity index (χ2v) is 6.69. The van der Waals surface area contributed by atoms with Gasteiger partial charge in [0.1, 0.15) is 11.5 Å². The van der Waals surface area contributed by atoms with Crippen LogP contribution < -0.4 is 14.8 Å². The van der Waals surface area contributed by atoms with Crippen LogP contribution in [0, 0.1) is 6.92 Å². The molecule has 0 saturated carbocycles. The van der Waals surface area contributed by atoms with Crippen molar-refractivity contribution in [2.75, 3.05) is 12.4 Å². The van der Waals surface area contributed by atoms with Crippen LogP contribution in [0.4, 0.5) is 5.13 Å². The Kier molecular flexibility index (Phi) is 5.53. The van der Waals surface area contributed by atoms with Gasteiger partial charge in [-0.05, 0) is 50.2 Å². The Hall–Kier alpha value is -2.86. The Morgan fingerprint density at radius 1 is 1.08 bits per heavy atom. The SMILES string of the molecule is COc1ccc(-c2csc(NC(=O)C(C)Oc3ccc(C)cc3)n2)cc1. The van der Waals surface area contributed by atoms with Gasteiger partial charge in [-0.3, -0.25) is 10.1 Å². The lowest BCUT2D eigenvalue weighted by Gasteiger charge is -2.13. The zero-order valence-corrected chi connectivity index (χ0v) is 15.7. The number of carbonyl (C=O) groups excluding carboxylic acids is 1. The van der Waals surface area contributed by atoms with E-state index in [9.17, 15) is 4.79 Å². The number of nitrogens with zero attached hydrogens (tertiary/aromatic N) is 1. The molecule has 0 spiro atoms. The minimum Gasteiger partial charge on any atom is -0.497 e. The fourth-order valence-corrected chi connectivity index (χ4v) is 3.03. The molecule has 1 N–H and O–H groups in total. The highest BCUT2D eigenvalue weighted by atomic mass is 32.1. The molecule has 1 aromatic heterocycles. The van der Waals surface area contributed by atoms with Crippen molar-refractivity contribution in [1.82, 2.24) is 4.98 Å². The third kappa shape index (κ3) is 4.40. The van der Waals surface area contributed by atoms with Gasteiger partial charge >= 0.3 is 0 Å². The van der Waals surface area contributed by atoms with Crippen molar-refractivity contribution in [2.24, 2.45) is 0 Å². The van der Waals surface area contributed by atoms with Gasteiger partial charge in [-0.25, -0.2) is 4.98 Å². The molecule has 5 nitrogen and oxygen atoms in total. The highest BCUT2D eigenvalue weighted by Gasteiger charge is 2.16. The lowest BCUT2D eigenvalue weighted by molar-refractivity contribution is -0.122. The molecule has 0 radical (unpaired) electrons. The van der Waals surface area contributed by atoms with Gasteiger partial charge < -0.3 is 9.47 Å². The van der Waals surface area contributed by atoms with Crippen LogP contribution in [0.1, 0.15) is 12.5 Å². The van der Waals surface area contributed by atoms with E-state index >= 15 is 0 Å². The first-order valence-electron chi connectivity index (χ1n) is 8.19. The number of ether oxygens (including phenoxy) is 2. The summed E-state index contributed by atoms with van der Waals surface area (Å²) >= 11 is 1.38. The van der Waals surface area contributed by atoms with Gasteiger partial charge in [0.05, 0.1) is 12.8 Å². The van der Waals surface area contributed by atoms with E-state index in [4.69, 9.17) is 9.47 Å². The third-order valence-electron chi connectivity index (χ3n) is 3.82. The van der Waals surface area contributed by atoms with Crippen molar-refractivity contribution in [2.45, 2.75) is 20.0 Å². The van der Waals surface area contributed by atoms with Crippen molar-refractivity contribution in [1.29, 1.82) is 0 Å². The van der Waals surface area contributed by atoms with Crippen molar-refractivity contribution in [3.05, 3.63) is 59.5 Å². The van der Waals surface area contributed by atoms with Crippen LogP contribution in [0.5, 0.6) is 11.5 Å². The molecule has 3 rings (SSSR count). The highest BCUT2D eigenvalue weighted by Crippen LogP contribution is 2.26. The number of aromatic nitrogens is 1. The third-order valence-corrected chi connectivity index (χ3v) is 4.58. The number of nitrogens with one attached hydrogen (secondary N) is 1. The average molecular weight is 368 g/mol. The molecule has 1 heterocycles. The quantitative estimate of drug-likeness (QED) is 0.694. The molecule has 134 valence electrons. The van der Waals surface area contributed by atoms with Crippen LogP contribution in [-0.2, 0) is 4.79 Å². The van der Waals surface area contributed by atoms with Crippen molar-refractivity contribution in [3.8, 4) is 22.8 Å². The van der Waals surface area contributed by atoms with E-state index in [1.165, 1.54) is 11.3 Å². The zero-order valence-electron chi connectivity index (χ0n) is 14.9. The Bertz CT molecular complexity index is 873. The molecule has 0 saturated heterocycles. The number of methoxy groups -OCH3 is 1. The Morgan fingerprint density at radius 3 is 2.38 bits per heavy atom. The largest absolute Gasteiger partial charge is 0.497 e. The van der Waals surface area contributed by atoms with E-state index in [0.29, 0.717) is 10.9 Å². The fraction of sp³-hybridized carbons (Fsp3) is 0.200. The average Bonchev–Trinajstić information content (AvgIpc) is 3.12. The van der Waals surface area contributed by atoms with Crippen molar-refractivity contribution < 1.29 is 14.3 Å². The number of thiazole rings is 1. The molecule has 26 heavy (non-hydrogen) atoms. The monoisotopic (exact) mass is 368 g/mol. The second kappa shape index (κ2) is 8.01. The standard InChI is InChI=1S/C20H20N2O3S/c1-13-4-8-17(9-5-13)25-14(2)19(23)22-20-21-18(12-26-20)15-6-10-16(24-3)11-7-15/h4-12,14H,1-3H3,(H,21,22,23). The molecule has 3 aromatic rings. The van der Waals surface area contributed by atoms with E-state index in [1.807, 2.05) is 60.8 Å². The van der Waals surface area contributed by atoms with E-state index in [2.05, 4.69) is 10.3 Å². The molecule has 0 bridgehead atoms. The minimum absolute atomic E-state index is 0.235. The van der Waals surface area contributed by atoms with Gasteiger partial charge in [0.15, 0.2) is 11.2 Å². The topological polar surface area (TPSA) is 60.5 Å². The van der Waals surface area contributed by atoms with E-state index in [-0.39, 0.29) is 5.91 Å². The van der Waals surface area contributed by atoms with Crippen LogP contribution in [0.3, 0.4) is 0 Å². The molecular formula is C20H20N2O3S. The number of aryl methyl sites for hydroxylation is 1. The highest BCUT2D eigenvalue weighted by molar-refractivity contribution is 7.14. The number of hydrogen-bond acceptors (Lipinski definition) is 5. The summed E-state index contributed by atoms with van der Waals surface area (Å²) in [6.45, 7) is 3.72. The fourth-order valence-electron chi connectivity index (χ4n) is 2.31. The minimum atomic E-state index is -0.619. The molecule has 0 aliphatic carbocycles. The Morgan fingerprint density at radius 2 is 1.73 bits per heavy atom. The molecule has 0 aliphatic rings. The summed E-state index contributed by atoms with van der Waals surface area (Å²) in [6, 6.07) is 15.2. The van der Waals surface area contributed by atoms with Crippen LogP contribution in [0.2, 0.25) is 0 Å². The van der Waals surface area contributed by atoms with Crippen LogP contribution in [-0.4, -0.2) is 24.1 Å². The Labute approximate surface area is 156 Å². The summed E-state index contributed by atoms with van der Waals surface area (Å²) in [6.07, 6.45) is -0.619. The molecule has 1 unspecified atom stereocenters. The summed E-state index contributed by atoms with van der Waals surface area (Å²) in [5.41, 5.74) is 2.91. The molecule has 0 aliphatic heterocycles. The van der Waals surface area contributed by atoms with E-state index in [1.54, 1.807) is 14.0 Å². The molecule has 1 amide bonds. The summed E-state index contributed by atoms with van der Waals surface area (Å²) in [5.74, 6) is 1.22. The first kappa shape index (κ1) is 17.9. The number of anilines is 1. The number of amides is 1. The zero-order chi connectivity index (χ0) is 18.5. The van der Waals surface area contributed by atoms with Gasteiger partial charge in [-0.15, -0.1) is 11.3 Å². The van der Waals surface area contributed by atoms with Crippen molar-refractivity contribution in [3.63, 3.8) is 0 Å².